The molecule has 0 atom stereocenters. The molecule has 0 aliphatic carbocycles. The Balaban J connectivity index is 2.19. The van der Waals surface area contributed by atoms with Gasteiger partial charge < -0.3 is 4.74 Å². The number of hydrogen-bond acceptors (Lipinski definition) is 3. The van der Waals surface area contributed by atoms with Crippen LogP contribution in [0.5, 0.6) is 11.6 Å². The molecule has 1 heterocycles. The minimum atomic E-state index is 0.510. The molecule has 1 aromatic carbocycles. The van der Waals surface area contributed by atoms with E-state index >= 15 is 0 Å². The van der Waals surface area contributed by atoms with Crippen molar-refractivity contribution in [2.45, 2.75) is 6.92 Å². The molecule has 0 saturated heterocycles. The lowest BCUT2D eigenvalue weighted by molar-refractivity contribution is 0.458. The van der Waals surface area contributed by atoms with Crippen LogP contribution in [0.1, 0.15) is 5.69 Å². The monoisotopic (exact) mass is 185 g/mol. The van der Waals surface area contributed by atoms with Gasteiger partial charge in [-0.1, -0.05) is 12.1 Å². The molecular weight excluding hydrogens is 176 g/mol. The number of rotatable bonds is 2. The predicted octanol–water partition coefficient (Wildman–Crippen LogP) is 2.38. The quantitative estimate of drug-likeness (QED) is 0.720. The van der Waals surface area contributed by atoms with Gasteiger partial charge in [0, 0.05) is 6.20 Å². The highest BCUT2D eigenvalue weighted by Crippen LogP contribution is 2.17. The normalized spacial score (nSPS) is 9.79. The summed E-state index contributed by atoms with van der Waals surface area (Å²) in [5, 5.41) is 0. The zero-order valence-electron chi connectivity index (χ0n) is 7.77. The van der Waals surface area contributed by atoms with Crippen molar-refractivity contribution in [3.63, 3.8) is 0 Å². The highest BCUT2D eigenvalue weighted by atomic mass is 16.5. The third-order valence-electron chi connectivity index (χ3n) is 1.64. The topological polar surface area (TPSA) is 35.0 Å². The fourth-order valence-corrected chi connectivity index (χ4v) is 1.05. The van der Waals surface area contributed by atoms with E-state index in [-0.39, 0.29) is 0 Å². The van der Waals surface area contributed by atoms with E-state index in [1.165, 1.54) is 0 Å². The molecule has 2 aromatic rings. The first-order valence-electron chi connectivity index (χ1n) is 4.27. The summed E-state index contributed by atoms with van der Waals surface area (Å²) in [4.78, 5) is 8.16. The van der Waals surface area contributed by atoms with Gasteiger partial charge in [-0.15, -0.1) is 0 Å². The molecule has 0 unspecified atom stereocenters. The predicted molar refractivity (Wildman–Crippen MR) is 52.1 cm³/mol. The SMILES string of the molecule is Cc1cncc(Oc2cc[c]cc2)n1. The Kier molecular flexibility index (Phi) is 2.40. The smallest absolute Gasteiger partial charge is 0.238 e. The van der Waals surface area contributed by atoms with Gasteiger partial charge in [-0.25, -0.2) is 4.98 Å². The zero-order chi connectivity index (χ0) is 9.80. The summed E-state index contributed by atoms with van der Waals surface area (Å²) in [5.74, 6) is 1.25. The van der Waals surface area contributed by atoms with Crippen LogP contribution in [0.2, 0.25) is 0 Å². The minimum absolute atomic E-state index is 0.510. The molecule has 14 heavy (non-hydrogen) atoms. The van der Waals surface area contributed by atoms with Crippen molar-refractivity contribution in [3.05, 3.63) is 48.4 Å². The van der Waals surface area contributed by atoms with Gasteiger partial charge in [0.25, 0.3) is 0 Å². The van der Waals surface area contributed by atoms with Crippen LogP contribution in [0.4, 0.5) is 0 Å². The molecule has 69 valence electrons. The number of aryl methyl sites for hydroxylation is 1. The Morgan fingerprint density at radius 2 is 2.00 bits per heavy atom. The summed E-state index contributed by atoms with van der Waals surface area (Å²) < 4.78 is 5.47. The van der Waals surface area contributed by atoms with E-state index < -0.39 is 0 Å². The van der Waals surface area contributed by atoms with E-state index in [4.69, 9.17) is 4.74 Å². The molecule has 0 N–H and O–H groups in total. The minimum Gasteiger partial charge on any atom is -0.437 e. The maximum atomic E-state index is 5.47. The average molecular weight is 185 g/mol. The second-order valence-electron chi connectivity index (χ2n) is 2.84. The first-order valence-corrected chi connectivity index (χ1v) is 4.27. The maximum Gasteiger partial charge on any atom is 0.238 e. The zero-order valence-corrected chi connectivity index (χ0v) is 7.77. The Hall–Kier alpha value is -1.90. The first kappa shape index (κ1) is 8.69. The number of benzene rings is 1. The number of aromatic nitrogens is 2. The Bertz CT molecular complexity index is 415. The maximum absolute atomic E-state index is 5.47. The van der Waals surface area contributed by atoms with E-state index in [0.29, 0.717) is 5.88 Å². The van der Waals surface area contributed by atoms with Crippen LogP contribution in [-0.2, 0) is 0 Å². The fraction of sp³-hybridized carbons (Fsp3) is 0.0909. The van der Waals surface area contributed by atoms with E-state index in [1.54, 1.807) is 24.5 Å². The summed E-state index contributed by atoms with van der Waals surface area (Å²) in [5.41, 5.74) is 0.838. The number of ether oxygens (including phenoxy) is 1. The summed E-state index contributed by atoms with van der Waals surface area (Å²) in [6.07, 6.45) is 3.27. The molecular formula is C11H9N2O. The van der Waals surface area contributed by atoms with Crippen LogP contribution in [0.25, 0.3) is 0 Å². The van der Waals surface area contributed by atoms with Crippen LogP contribution < -0.4 is 4.74 Å². The van der Waals surface area contributed by atoms with Crippen molar-refractivity contribution < 1.29 is 4.74 Å². The van der Waals surface area contributed by atoms with Crippen LogP contribution in [0.3, 0.4) is 0 Å². The van der Waals surface area contributed by atoms with Gasteiger partial charge in [-0.3, -0.25) is 4.98 Å². The van der Waals surface area contributed by atoms with Gasteiger partial charge in [0.1, 0.15) is 5.75 Å². The molecule has 0 amide bonds. The van der Waals surface area contributed by atoms with Gasteiger partial charge in [-0.2, -0.15) is 0 Å². The molecule has 1 aromatic heterocycles. The van der Waals surface area contributed by atoms with E-state index in [0.717, 1.165) is 11.4 Å². The van der Waals surface area contributed by atoms with Gasteiger partial charge in [0.05, 0.1) is 11.9 Å². The summed E-state index contributed by atoms with van der Waals surface area (Å²) >= 11 is 0. The lowest BCUT2D eigenvalue weighted by atomic mass is 10.3. The molecule has 1 radical (unpaired) electrons. The van der Waals surface area contributed by atoms with Crippen molar-refractivity contribution >= 4 is 0 Å². The van der Waals surface area contributed by atoms with Gasteiger partial charge >= 0.3 is 0 Å². The standard InChI is InChI=1S/C11H9N2O/c1-9-7-12-8-11(13-9)14-10-5-3-2-4-6-10/h3-8H,1H3. The van der Waals surface area contributed by atoms with Crippen molar-refractivity contribution in [1.82, 2.24) is 9.97 Å². The summed E-state index contributed by atoms with van der Waals surface area (Å²) in [7, 11) is 0. The number of hydrogen-bond donors (Lipinski definition) is 0. The third kappa shape index (κ3) is 2.07. The van der Waals surface area contributed by atoms with Crippen LogP contribution in [0, 0.1) is 13.0 Å². The third-order valence-corrected chi connectivity index (χ3v) is 1.64. The molecule has 0 bridgehead atoms. The van der Waals surface area contributed by atoms with Crippen molar-refractivity contribution in [3.8, 4) is 11.6 Å². The lowest BCUT2D eigenvalue weighted by Crippen LogP contribution is -1.90. The molecule has 0 aliphatic rings. The van der Waals surface area contributed by atoms with Crippen LogP contribution >= 0.6 is 0 Å². The Morgan fingerprint density at radius 1 is 1.21 bits per heavy atom. The molecule has 2 rings (SSSR count). The second-order valence-corrected chi connectivity index (χ2v) is 2.84. The molecule has 3 heteroatoms. The highest BCUT2D eigenvalue weighted by Gasteiger charge is 1.97. The molecule has 0 fully saturated rings. The van der Waals surface area contributed by atoms with Crippen molar-refractivity contribution in [2.75, 3.05) is 0 Å². The van der Waals surface area contributed by atoms with E-state index in [1.807, 2.05) is 19.1 Å². The van der Waals surface area contributed by atoms with Crippen molar-refractivity contribution in [2.24, 2.45) is 0 Å². The van der Waals surface area contributed by atoms with E-state index in [9.17, 15) is 0 Å². The molecule has 0 aliphatic heterocycles. The second kappa shape index (κ2) is 3.87. The molecule has 3 nitrogen and oxygen atoms in total. The van der Waals surface area contributed by atoms with Gasteiger partial charge in [-0.05, 0) is 25.1 Å². The Labute approximate surface area is 82.4 Å². The largest absolute Gasteiger partial charge is 0.437 e. The molecule has 0 spiro atoms. The summed E-state index contributed by atoms with van der Waals surface area (Å²) in [6, 6.07) is 10.1. The van der Waals surface area contributed by atoms with Crippen LogP contribution in [0.15, 0.2) is 36.7 Å². The van der Waals surface area contributed by atoms with E-state index in [2.05, 4.69) is 16.0 Å². The highest BCUT2D eigenvalue weighted by molar-refractivity contribution is 5.25. The Morgan fingerprint density at radius 3 is 2.71 bits per heavy atom. The number of nitrogens with zero attached hydrogens (tertiary/aromatic N) is 2. The average Bonchev–Trinajstić information content (AvgIpc) is 2.19. The summed E-state index contributed by atoms with van der Waals surface area (Å²) in [6.45, 7) is 1.87. The van der Waals surface area contributed by atoms with Crippen LogP contribution in [-0.4, -0.2) is 9.97 Å². The molecule has 0 saturated carbocycles. The van der Waals surface area contributed by atoms with Gasteiger partial charge in [0.15, 0.2) is 0 Å². The lowest BCUT2D eigenvalue weighted by Gasteiger charge is -2.03. The van der Waals surface area contributed by atoms with Gasteiger partial charge in [0.2, 0.25) is 5.88 Å². The fourth-order valence-electron chi connectivity index (χ4n) is 1.05. The first-order chi connectivity index (χ1) is 6.84. The van der Waals surface area contributed by atoms with Crippen molar-refractivity contribution in [1.29, 1.82) is 0 Å².